The van der Waals surface area contributed by atoms with Gasteiger partial charge < -0.3 is 4.98 Å². The number of thiophene rings is 1. The molecule has 76 valence electrons. The molecule has 0 radical (unpaired) electrons. The maximum atomic E-state index is 4.47. The lowest BCUT2D eigenvalue weighted by atomic mass is 10.1. The second kappa shape index (κ2) is 2.83. The average molecular weight is 224 g/mol. The molecule has 0 saturated carbocycles. The Labute approximate surface area is 95.5 Å². The largest absolute Gasteiger partial charge is 0.353 e. The lowest BCUT2D eigenvalue weighted by Gasteiger charge is -1.92. The van der Waals surface area contributed by atoms with Gasteiger partial charge in [-0.2, -0.15) is 0 Å². The van der Waals surface area contributed by atoms with Gasteiger partial charge in [-0.25, -0.2) is 0 Å². The highest BCUT2D eigenvalue weighted by atomic mass is 32.1. The second-order valence-corrected chi connectivity index (χ2v) is 4.79. The molecular weight excluding hydrogens is 216 g/mol. The quantitative estimate of drug-likeness (QED) is 0.481. The summed E-state index contributed by atoms with van der Waals surface area (Å²) in [5, 5.41) is 4.67. The fraction of sp³-hybridized carbons (Fsp3) is 0. The Kier molecular flexibility index (Phi) is 1.47. The molecule has 0 saturated heterocycles. The summed E-state index contributed by atoms with van der Waals surface area (Å²) in [6.07, 6.45) is 1.85. The molecule has 0 amide bonds. The maximum absolute atomic E-state index is 4.47. The summed E-state index contributed by atoms with van der Waals surface area (Å²) in [5.41, 5.74) is 3.34. The van der Waals surface area contributed by atoms with Crippen molar-refractivity contribution in [2.45, 2.75) is 0 Å². The van der Waals surface area contributed by atoms with Gasteiger partial charge in [-0.15, -0.1) is 11.3 Å². The summed E-state index contributed by atoms with van der Waals surface area (Å²) in [4.78, 5) is 7.87. The monoisotopic (exact) mass is 224 g/mol. The van der Waals surface area contributed by atoms with Crippen molar-refractivity contribution < 1.29 is 0 Å². The van der Waals surface area contributed by atoms with Crippen LogP contribution in [0.3, 0.4) is 0 Å². The number of aromatic amines is 1. The number of hydrogen-bond donors (Lipinski definition) is 1. The van der Waals surface area contributed by atoms with Gasteiger partial charge in [0.05, 0.1) is 11.0 Å². The molecule has 0 aliphatic heterocycles. The number of rotatable bonds is 0. The van der Waals surface area contributed by atoms with Gasteiger partial charge in [0.1, 0.15) is 0 Å². The van der Waals surface area contributed by atoms with Crippen LogP contribution in [-0.4, -0.2) is 9.97 Å². The van der Waals surface area contributed by atoms with Crippen molar-refractivity contribution in [3.05, 3.63) is 41.9 Å². The van der Waals surface area contributed by atoms with E-state index in [2.05, 4.69) is 39.6 Å². The summed E-state index contributed by atoms with van der Waals surface area (Å²) in [5.74, 6) is 0. The van der Waals surface area contributed by atoms with E-state index in [0.29, 0.717) is 0 Å². The molecule has 16 heavy (non-hydrogen) atoms. The van der Waals surface area contributed by atoms with Crippen LogP contribution in [0.25, 0.3) is 32.0 Å². The van der Waals surface area contributed by atoms with Crippen LogP contribution in [-0.2, 0) is 0 Å². The lowest BCUT2D eigenvalue weighted by Crippen LogP contribution is -1.72. The minimum atomic E-state index is 1.07. The number of pyridine rings is 1. The molecule has 1 N–H and O–H groups in total. The summed E-state index contributed by atoms with van der Waals surface area (Å²) in [6.45, 7) is 0. The smallest absolute Gasteiger partial charge is 0.0964 e. The molecule has 0 aliphatic carbocycles. The highest BCUT2D eigenvalue weighted by Crippen LogP contribution is 2.33. The van der Waals surface area contributed by atoms with Gasteiger partial charge in [0.2, 0.25) is 0 Å². The average Bonchev–Trinajstić information content (AvgIpc) is 2.91. The van der Waals surface area contributed by atoms with E-state index in [0.717, 1.165) is 11.0 Å². The van der Waals surface area contributed by atoms with Crippen LogP contribution in [0.1, 0.15) is 0 Å². The van der Waals surface area contributed by atoms with Gasteiger partial charge in [-0.1, -0.05) is 0 Å². The normalized spacial score (nSPS) is 11.8. The van der Waals surface area contributed by atoms with Crippen molar-refractivity contribution in [1.29, 1.82) is 0 Å². The van der Waals surface area contributed by atoms with Gasteiger partial charge in [0.15, 0.2) is 0 Å². The number of fused-ring (bicyclic) bond motifs is 5. The highest BCUT2D eigenvalue weighted by Gasteiger charge is 2.08. The highest BCUT2D eigenvalue weighted by molar-refractivity contribution is 7.17. The van der Waals surface area contributed by atoms with E-state index in [1.807, 2.05) is 12.3 Å². The molecule has 0 spiro atoms. The second-order valence-electron chi connectivity index (χ2n) is 3.85. The van der Waals surface area contributed by atoms with E-state index in [1.54, 1.807) is 11.3 Å². The zero-order chi connectivity index (χ0) is 10.5. The molecule has 4 rings (SSSR count). The van der Waals surface area contributed by atoms with E-state index in [4.69, 9.17) is 0 Å². The Morgan fingerprint density at radius 3 is 3.06 bits per heavy atom. The maximum Gasteiger partial charge on any atom is 0.0964 e. The number of aromatic nitrogens is 2. The number of nitrogens with zero attached hydrogens (tertiary/aromatic N) is 1. The summed E-state index contributed by atoms with van der Waals surface area (Å²) in [7, 11) is 0. The van der Waals surface area contributed by atoms with Crippen LogP contribution in [0.4, 0.5) is 0 Å². The Bertz CT molecular complexity index is 810. The molecule has 3 heteroatoms. The van der Waals surface area contributed by atoms with Crippen molar-refractivity contribution in [3.8, 4) is 0 Å². The van der Waals surface area contributed by atoms with Crippen LogP contribution in [0.5, 0.6) is 0 Å². The molecule has 3 heterocycles. The third kappa shape index (κ3) is 0.933. The van der Waals surface area contributed by atoms with Gasteiger partial charge in [0.25, 0.3) is 0 Å². The number of H-pyrrole nitrogens is 1. The van der Waals surface area contributed by atoms with Gasteiger partial charge >= 0.3 is 0 Å². The molecule has 3 aromatic heterocycles. The zero-order valence-electron chi connectivity index (χ0n) is 8.40. The van der Waals surface area contributed by atoms with Crippen molar-refractivity contribution >= 4 is 43.4 Å². The minimum absolute atomic E-state index is 1.07. The lowest BCUT2D eigenvalue weighted by molar-refractivity contribution is 1.42. The van der Waals surface area contributed by atoms with E-state index in [-0.39, 0.29) is 0 Å². The molecule has 2 nitrogen and oxygen atoms in total. The Morgan fingerprint density at radius 2 is 2.06 bits per heavy atom. The molecule has 0 fully saturated rings. The van der Waals surface area contributed by atoms with E-state index in [1.165, 1.54) is 21.0 Å². The van der Waals surface area contributed by atoms with Crippen molar-refractivity contribution in [3.63, 3.8) is 0 Å². The van der Waals surface area contributed by atoms with Crippen molar-refractivity contribution in [1.82, 2.24) is 9.97 Å². The van der Waals surface area contributed by atoms with Gasteiger partial charge in [0, 0.05) is 27.2 Å². The Hall–Kier alpha value is -1.87. The zero-order valence-corrected chi connectivity index (χ0v) is 9.21. The molecule has 0 atom stereocenters. The van der Waals surface area contributed by atoms with Crippen LogP contribution < -0.4 is 0 Å². The van der Waals surface area contributed by atoms with Crippen LogP contribution in [0.2, 0.25) is 0 Å². The minimum Gasteiger partial charge on any atom is -0.353 e. The Balaban J connectivity index is 2.42. The van der Waals surface area contributed by atoms with Crippen LogP contribution in [0.15, 0.2) is 41.9 Å². The molecule has 1 aromatic carbocycles. The predicted octanol–water partition coefficient (Wildman–Crippen LogP) is 3.93. The fourth-order valence-electron chi connectivity index (χ4n) is 2.25. The van der Waals surface area contributed by atoms with Crippen molar-refractivity contribution in [2.75, 3.05) is 0 Å². The number of nitrogens with one attached hydrogen (secondary N) is 1. The first-order valence-corrected chi connectivity index (χ1v) is 6.04. The fourth-order valence-corrected chi connectivity index (χ4v) is 3.05. The van der Waals surface area contributed by atoms with Crippen LogP contribution in [0, 0.1) is 0 Å². The third-order valence-electron chi connectivity index (χ3n) is 2.95. The summed E-state index contributed by atoms with van der Waals surface area (Å²) >= 11 is 1.77. The summed E-state index contributed by atoms with van der Waals surface area (Å²) in [6, 6.07) is 10.5. The first-order valence-electron chi connectivity index (χ1n) is 5.16. The first kappa shape index (κ1) is 8.30. The molecule has 0 aliphatic rings. The van der Waals surface area contributed by atoms with Crippen LogP contribution >= 0.6 is 11.3 Å². The molecular formula is C13H8N2S. The number of benzene rings is 1. The SMILES string of the molecule is c1cnc2c(c1)[nH]c1ccc3sccc3c12. The molecule has 0 unspecified atom stereocenters. The third-order valence-corrected chi connectivity index (χ3v) is 3.83. The molecule has 4 aromatic rings. The summed E-state index contributed by atoms with van der Waals surface area (Å²) < 4.78 is 1.32. The van der Waals surface area contributed by atoms with Crippen molar-refractivity contribution in [2.24, 2.45) is 0 Å². The first-order chi connectivity index (χ1) is 7.93. The van der Waals surface area contributed by atoms with Gasteiger partial charge in [-0.3, -0.25) is 4.98 Å². The standard InChI is InChI=1S/C13H8N2S/c1-2-10-13(14-6-1)12-8-5-7-16-11(8)4-3-9(12)15-10/h1-7,15H. The van der Waals surface area contributed by atoms with E-state index in [9.17, 15) is 0 Å². The predicted molar refractivity (Wildman–Crippen MR) is 69.0 cm³/mol. The Morgan fingerprint density at radius 1 is 1.06 bits per heavy atom. The topological polar surface area (TPSA) is 28.7 Å². The van der Waals surface area contributed by atoms with E-state index >= 15 is 0 Å². The number of hydrogen-bond acceptors (Lipinski definition) is 2. The van der Waals surface area contributed by atoms with Gasteiger partial charge in [-0.05, 0) is 35.7 Å². The van der Waals surface area contributed by atoms with E-state index < -0.39 is 0 Å². The molecule has 0 bridgehead atoms.